The molecule has 0 aromatic carbocycles. The topological polar surface area (TPSA) is 76.3 Å². The van der Waals surface area contributed by atoms with Gasteiger partial charge in [-0.3, -0.25) is 0 Å². The summed E-state index contributed by atoms with van der Waals surface area (Å²) in [6, 6.07) is 0. The van der Waals surface area contributed by atoms with Crippen LogP contribution in [0.4, 0.5) is 5.82 Å². The van der Waals surface area contributed by atoms with Gasteiger partial charge in [0.25, 0.3) is 0 Å². The third kappa shape index (κ3) is 2.26. The molecule has 1 aliphatic heterocycles. The van der Waals surface area contributed by atoms with Crippen LogP contribution in [0.3, 0.4) is 0 Å². The second kappa shape index (κ2) is 5.10. The lowest BCUT2D eigenvalue weighted by Gasteiger charge is -2.32. The van der Waals surface area contributed by atoms with Gasteiger partial charge >= 0.3 is 0 Å². The van der Waals surface area contributed by atoms with Crippen LogP contribution in [0.15, 0.2) is 12.5 Å². The summed E-state index contributed by atoms with van der Waals surface area (Å²) in [5.41, 5.74) is 0.762. The first-order valence-electron chi connectivity index (χ1n) is 6.43. The molecule has 3 rings (SSSR count). The molecule has 0 unspecified atom stereocenters. The first-order valence-corrected chi connectivity index (χ1v) is 6.43. The molecule has 1 atom stereocenters. The second-order valence-corrected chi connectivity index (χ2v) is 4.65. The molecule has 2 aromatic heterocycles. The molecular formula is C12H17N5O2. The lowest BCUT2D eigenvalue weighted by Crippen LogP contribution is -2.41. The van der Waals surface area contributed by atoms with Crippen LogP contribution in [-0.4, -0.2) is 57.3 Å². The molecule has 1 N–H and O–H groups in total. The zero-order valence-electron chi connectivity index (χ0n) is 10.9. The van der Waals surface area contributed by atoms with Gasteiger partial charge in [0.2, 0.25) is 0 Å². The minimum atomic E-state index is 0.0463. The summed E-state index contributed by atoms with van der Waals surface area (Å²) in [5, 5.41) is 14.2. The van der Waals surface area contributed by atoms with Crippen molar-refractivity contribution in [2.24, 2.45) is 0 Å². The fraction of sp³-hybridized carbons (Fsp3) is 0.583. The van der Waals surface area contributed by atoms with Crippen molar-refractivity contribution < 1.29 is 9.84 Å². The van der Waals surface area contributed by atoms with Crippen molar-refractivity contribution in [2.45, 2.75) is 19.6 Å². The second-order valence-electron chi connectivity index (χ2n) is 4.65. The van der Waals surface area contributed by atoms with Crippen molar-refractivity contribution in [3.63, 3.8) is 0 Å². The molecule has 0 spiro atoms. The molecule has 0 bridgehead atoms. The molecule has 7 heteroatoms. The number of aliphatic hydroxyl groups excluding tert-OH is 1. The molecule has 2 aromatic rings. The number of anilines is 1. The largest absolute Gasteiger partial charge is 0.394 e. The predicted molar refractivity (Wildman–Crippen MR) is 70.0 cm³/mol. The highest BCUT2D eigenvalue weighted by molar-refractivity contribution is 5.86. The summed E-state index contributed by atoms with van der Waals surface area (Å²) in [6.45, 7) is 4.89. The minimum absolute atomic E-state index is 0.0463. The third-order valence-corrected chi connectivity index (χ3v) is 3.26. The highest BCUT2D eigenvalue weighted by Gasteiger charge is 2.21. The third-order valence-electron chi connectivity index (χ3n) is 3.26. The minimum Gasteiger partial charge on any atom is -0.394 e. The molecule has 1 fully saturated rings. The smallest absolute Gasteiger partial charge is 0.163 e. The molecule has 0 amide bonds. The lowest BCUT2D eigenvalue weighted by molar-refractivity contribution is 0.0530. The van der Waals surface area contributed by atoms with Crippen LogP contribution in [0.1, 0.15) is 6.92 Å². The summed E-state index contributed by atoms with van der Waals surface area (Å²) in [6.07, 6.45) is 3.51. The van der Waals surface area contributed by atoms with Crippen molar-refractivity contribution in [3.8, 4) is 0 Å². The Morgan fingerprint density at radius 1 is 1.47 bits per heavy atom. The quantitative estimate of drug-likeness (QED) is 0.843. The van der Waals surface area contributed by atoms with Gasteiger partial charge in [-0.25, -0.2) is 14.6 Å². The average molecular weight is 263 g/mol. The van der Waals surface area contributed by atoms with Gasteiger partial charge in [0, 0.05) is 13.1 Å². The Morgan fingerprint density at radius 2 is 2.37 bits per heavy atom. The Morgan fingerprint density at radius 3 is 3.16 bits per heavy atom. The summed E-state index contributed by atoms with van der Waals surface area (Å²) in [5.74, 6) is 0.893. The van der Waals surface area contributed by atoms with Gasteiger partial charge in [0.1, 0.15) is 12.1 Å². The normalized spacial score (nSPS) is 20.1. The van der Waals surface area contributed by atoms with Crippen molar-refractivity contribution >= 4 is 16.9 Å². The van der Waals surface area contributed by atoms with Crippen LogP contribution in [0.25, 0.3) is 11.0 Å². The molecule has 7 nitrogen and oxygen atoms in total. The molecule has 1 saturated heterocycles. The lowest BCUT2D eigenvalue weighted by atomic mass is 10.2. The molecule has 3 heterocycles. The first kappa shape index (κ1) is 12.3. The standard InChI is InChI=1S/C12H17N5O2/c1-9-7-16(3-5-19-9)11-10-6-15-17(2-4-18)12(10)14-8-13-11/h6,8-9,18H,2-5,7H2,1H3/t9-/m0/s1. The number of hydrogen-bond donors (Lipinski definition) is 1. The Labute approximate surface area is 110 Å². The molecular weight excluding hydrogens is 246 g/mol. The van der Waals surface area contributed by atoms with E-state index < -0.39 is 0 Å². The monoisotopic (exact) mass is 263 g/mol. The van der Waals surface area contributed by atoms with E-state index in [4.69, 9.17) is 9.84 Å². The molecule has 102 valence electrons. The summed E-state index contributed by atoms with van der Waals surface area (Å²) in [7, 11) is 0. The molecule has 0 saturated carbocycles. The fourth-order valence-electron chi connectivity index (χ4n) is 2.40. The van der Waals surface area contributed by atoms with Crippen LogP contribution in [-0.2, 0) is 11.3 Å². The van der Waals surface area contributed by atoms with Crippen molar-refractivity contribution in [3.05, 3.63) is 12.5 Å². The van der Waals surface area contributed by atoms with Gasteiger partial charge < -0.3 is 14.7 Å². The number of fused-ring (bicyclic) bond motifs is 1. The van der Waals surface area contributed by atoms with E-state index in [-0.39, 0.29) is 12.7 Å². The zero-order chi connectivity index (χ0) is 13.2. The van der Waals surface area contributed by atoms with Crippen LogP contribution < -0.4 is 4.90 Å². The predicted octanol–water partition coefficient (Wildman–Crippen LogP) is 0.0437. The summed E-state index contributed by atoms with van der Waals surface area (Å²) in [4.78, 5) is 10.8. The average Bonchev–Trinajstić information content (AvgIpc) is 2.83. The van der Waals surface area contributed by atoms with Gasteiger partial charge in [-0.05, 0) is 6.92 Å². The Hall–Kier alpha value is -1.73. The SMILES string of the molecule is C[C@H]1CN(c2ncnc3c2cnn3CCO)CCO1. The van der Waals surface area contributed by atoms with Gasteiger partial charge in [-0.15, -0.1) is 0 Å². The number of aromatic nitrogens is 4. The number of rotatable bonds is 3. The Bertz CT molecular complexity index is 570. The van der Waals surface area contributed by atoms with E-state index in [1.165, 1.54) is 0 Å². The van der Waals surface area contributed by atoms with E-state index in [1.54, 1.807) is 17.2 Å². The van der Waals surface area contributed by atoms with Gasteiger partial charge in [-0.1, -0.05) is 0 Å². The Kier molecular flexibility index (Phi) is 3.31. The highest BCUT2D eigenvalue weighted by atomic mass is 16.5. The van der Waals surface area contributed by atoms with Crippen LogP contribution in [0.2, 0.25) is 0 Å². The molecule has 1 aliphatic rings. The van der Waals surface area contributed by atoms with E-state index in [0.717, 1.165) is 29.9 Å². The zero-order valence-corrected chi connectivity index (χ0v) is 10.9. The highest BCUT2D eigenvalue weighted by Crippen LogP contribution is 2.24. The number of aliphatic hydroxyl groups is 1. The van der Waals surface area contributed by atoms with Crippen LogP contribution in [0.5, 0.6) is 0 Å². The van der Waals surface area contributed by atoms with Gasteiger partial charge in [0.15, 0.2) is 5.65 Å². The maximum absolute atomic E-state index is 9.02. The van der Waals surface area contributed by atoms with E-state index in [9.17, 15) is 0 Å². The van der Waals surface area contributed by atoms with Gasteiger partial charge in [-0.2, -0.15) is 5.10 Å². The van der Waals surface area contributed by atoms with E-state index in [2.05, 4.69) is 26.9 Å². The van der Waals surface area contributed by atoms with E-state index in [0.29, 0.717) is 13.2 Å². The summed E-state index contributed by atoms with van der Waals surface area (Å²) >= 11 is 0. The number of nitrogens with zero attached hydrogens (tertiary/aromatic N) is 5. The van der Waals surface area contributed by atoms with Crippen LogP contribution in [0, 0.1) is 0 Å². The van der Waals surface area contributed by atoms with Gasteiger partial charge in [0.05, 0.1) is 37.4 Å². The maximum atomic E-state index is 9.02. The number of ether oxygens (including phenoxy) is 1. The van der Waals surface area contributed by atoms with Crippen molar-refractivity contribution in [2.75, 3.05) is 31.2 Å². The first-order chi connectivity index (χ1) is 9.29. The van der Waals surface area contributed by atoms with Crippen LogP contribution >= 0.6 is 0 Å². The molecule has 19 heavy (non-hydrogen) atoms. The maximum Gasteiger partial charge on any atom is 0.163 e. The number of hydrogen-bond acceptors (Lipinski definition) is 6. The van der Waals surface area contributed by atoms with Crippen molar-refractivity contribution in [1.82, 2.24) is 19.7 Å². The van der Waals surface area contributed by atoms with Crippen molar-refractivity contribution in [1.29, 1.82) is 0 Å². The van der Waals surface area contributed by atoms with E-state index >= 15 is 0 Å². The Balaban J connectivity index is 1.99. The van der Waals surface area contributed by atoms with E-state index in [1.807, 2.05) is 0 Å². The molecule has 0 aliphatic carbocycles. The molecule has 0 radical (unpaired) electrons. The fourth-order valence-corrected chi connectivity index (χ4v) is 2.40. The number of morpholine rings is 1. The summed E-state index contributed by atoms with van der Waals surface area (Å²) < 4.78 is 7.25.